The number of nitrogens with one attached hydrogen (secondary N) is 2. The van der Waals surface area contributed by atoms with Gasteiger partial charge >= 0.3 is 12.1 Å². The molecule has 5 rings (SSSR count). The van der Waals surface area contributed by atoms with Crippen LogP contribution in [0.4, 0.5) is 10.6 Å². The predicted molar refractivity (Wildman–Crippen MR) is 149 cm³/mol. The number of aromatic nitrogens is 1. The first-order chi connectivity index (χ1) is 19.0. The molecule has 2 fully saturated rings. The largest absolute Gasteiger partial charge is 0.480 e. The van der Waals surface area contributed by atoms with Crippen molar-refractivity contribution in [3.05, 3.63) is 59.3 Å². The number of fused-ring (bicyclic) bond motifs is 1. The third kappa shape index (κ3) is 7.72. The second-order valence-corrected chi connectivity index (χ2v) is 11.3. The molecule has 1 amide bonds. The van der Waals surface area contributed by atoms with Gasteiger partial charge in [0.15, 0.2) is 0 Å². The van der Waals surface area contributed by atoms with Crippen molar-refractivity contribution < 1.29 is 24.2 Å². The number of hydrogen-bond acceptors (Lipinski definition) is 6. The van der Waals surface area contributed by atoms with Crippen molar-refractivity contribution in [3.63, 3.8) is 0 Å². The SMILES string of the molecule is O=C(NC(CCOC1CC(CCc2ccc3c(n2)NCCC3)C1)C(=O)O)OC1CCC(c2ccccc2)CC1. The van der Waals surface area contributed by atoms with Gasteiger partial charge in [-0.05, 0) is 93.2 Å². The number of carbonyl (C=O) groups is 2. The Morgan fingerprint density at radius 2 is 1.85 bits per heavy atom. The summed E-state index contributed by atoms with van der Waals surface area (Å²) < 4.78 is 11.5. The van der Waals surface area contributed by atoms with Crippen molar-refractivity contribution >= 4 is 17.9 Å². The first-order valence-electron chi connectivity index (χ1n) is 14.6. The van der Waals surface area contributed by atoms with Crippen LogP contribution in [0, 0.1) is 5.92 Å². The first kappa shape index (κ1) is 27.4. The highest BCUT2D eigenvalue weighted by Crippen LogP contribution is 2.35. The lowest BCUT2D eigenvalue weighted by atomic mass is 9.79. The summed E-state index contributed by atoms with van der Waals surface area (Å²) >= 11 is 0. The van der Waals surface area contributed by atoms with Gasteiger partial charge in [-0.2, -0.15) is 0 Å². The van der Waals surface area contributed by atoms with Crippen LogP contribution in [-0.4, -0.2) is 53.6 Å². The summed E-state index contributed by atoms with van der Waals surface area (Å²) in [4.78, 5) is 28.9. The molecule has 2 aliphatic carbocycles. The zero-order chi connectivity index (χ0) is 27.0. The lowest BCUT2D eigenvalue weighted by Crippen LogP contribution is -2.43. The van der Waals surface area contributed by atoms with Crippen LogP contribution in [0.2, 0.25) is 0 Å². The number of carbonyl (C=O) groups excluding carboxylic acids is 1. The summed E-state index contributed by atoms with van der Waals surface area (Å²) in [6.07, 6.45) is 9.36. The number of pyridine rings is 1. The van der Waals surface area contributed by atoms with Gasteiger partial charge in [0, 0.05) is 25.3 Å². The Bertz CT molecular complexity index is 1100. The molecular formula is C31H41N3O5. The number of amides is 1. The Kier molecular flexibility index (Phi) is 9.35. The fourth-order valence-electron chi connectivity index (χ4n) is 6.08. The van der Waals surface area contributed by atoms with Gasteiger partial charge < -0.3 is 25.2 Å². The predicted octanol–water partition coefficient (Wildman–Crippen LogP) is 5.46. The Balaban J connectivity index is 0.953. The molecule has 2 heterocycles. The number of aryl methyl sites for hydroxylation is 2. The van der Waals surface area contributed by atoms with E-state index in [2.05, 4.69) is 47.0 Å². The van der Waals surface area contributed by atoms with E-state index in [-0.39, 0.29) is 18.6 Å². The molecule has 3 N–H and O–H groups in total. The Labute approximate surface area is 230 Å². The Morgan fingerprint density at radius 3 is 2.62 bits per heavy atom. The number of nitrogens with zero attached hydrogens (tertiary/aromatic N) is 1. The van der Waals surface area contributed by atoms with Crippen LogP contribution in [0.3, 0.4) is 0 Å². The average molecular weight is 536 g/mol. The lowest BCUT2D eigenvalue weighted by molar-refractivity contribution is -0.140. The highest BCUT2D eigenvalue weighted by atomic mass is 16.6. The molecule has 1 aromatic heterocycles. The molecule has 3 aliphatic rings. The molecule has 1 aliphatic heterocycles. The molecule has 0 bridgehead atoms. The lowest BCUT2D eigenvalue weighted by Gasteiger charge is -2.35. The van der Waals surface area contributed by atoms with Crippen molar-refractivity contribution in [3.8, 4) is 0 Å². The van der Waals surface area contributed by atoms with Crippen molar-refractivity contribution in [1.29, 1.82) is 0 Å². The number of carboxylic acid groups (broad SMARTS) is 1. The standard InChI is InChI=1S/C31H41N3O5/c35-30(36)28(34-31(37)39-26-14-10-23(11-15-26)22-5-2-1-3-6-22)16-18-38-27-19-21(20-27)8-12-25-13-9-24-7-4-17-32-29(24)33-25/h1-3,5-6,9,13,21,23,26-28H,4,7-8,10-12,14-20H2,(H,32,33)(H,34,37)(H,35,36). The van der Waals surface area contributed by atoms with Crippen LogP contribution in [0.25, 0.3) is 0 Å². The molecule has 39 heavy (non-hydrogen) atoms. The summed E-state index contributed by atoms with van der Waals surface area (Å²) in [5.41, 5.74) is 3.78. The molecule has 2 aromatic rings. The number of benzene rings is 1. The maximum Gasteiger partial charge on any atom is 0.408 e. The number of rotatable bonds is 11. The van der Waals surface area contributed by atoms with E-state index in [0.717, 1.165) is 75.8 Å². The van der Waals surface area contributed by atoms with Crippen LogP contribution in [0.1, 0.15) is 80.5 Å². The maximum atomic E-state index is 12.4. The molecule has 1 unspecified atom stereocenters. The van der Waals surface area contributed by atoms with Gasteiger partial charge in [-0.3, -0.25) is 0 Å². The second-order valence-electron chi connectivity index (χ2n) is 11.3. The Hall–Kier alpha value is -3.13. The topological polar surface area (TPSA) is 110 Å². The van der Waals surface area contributed by atoms with Crippen molar-refractivity contribution in [2.75, 3.05) is 18.5 Å². The first-order valence-corrected chi connectivity index (χ1v) is 14.6. The molecule has 8 heteroatoms. The Morgan fingerprint density at radius 1 is 1.05 bits per heavy atom. The summed E-state index contributed by atoms with van der Waals surface area (Å²) in [5, 5.41) is 15.5. The number of alkyl carbamates (subject to hydrolysis) is 1. The third-order valence-corrected chi connectivity index (χ3v) is 8.52. The van der Waals surface area contributed by atoms with E-state index in [9.17, 15) is 14.7 Å². The van der Waals surface area contributed by atoms with Crippen molar-refractivity contribution in [2.45, 2.75) is 94.8 Å². The fourth-order valence-corrected chi connectivity index (χ4v) is 6.08. The van der Waals surface area contributed by atoms with Crippen LogP contribution >= 0.6 is 0 Å². The van der Waals surface area contributed by atoms with Crippen molar-refractivity contribution in [2.24, 2.45) is 5.92 Å². The monoisotopic (exact) mass is 535 g/mol. The normalized spacial score (nSPS) is 24.9. The van der Waals surface area contributed by atoms with E-state index in [4.69, 9.17) is 14.5 Å². The van der Waals surface area contributed by atoms with Crippen molar-refractivity contribution in [1.82, 2.24) is 10.3 Å². The molecule has 1 aromatic carbocycles. The van der Waals surface area contributed by atoms with E-state index in [1.165, 1.54) is 17.5 Å². The second kappa shape index (κ2) is 13.3. The minimum Gasteiger partial charge on any atom is -0.480 e. The summed E-state index contributed by atoms with van der Waals surface area (Å²) in [6, 6.07) is 13.8. The van der Waals surface area contributed by atoms with Crippen LogP contribution < -0.4 is 10.6 Å². The zero-order valence-corrected chi connectivity index (χ0v) is 22.6. The van der Waals surface area contributed by atoms with Gasteiger partial charge in [0.2, 0.25) is 0 Å². The number of aliphatic carboxylic acids is 1. The van der Waals surface area contributed by atoms with Gasteiger partial charge in [-0.15, -0.1) is 0 Å². The molecule has 8 nitrogen and oxygen atoms in total. The quantitative estimate of drug-likeness (QED) is 0.350. The van der Waals surface area contributed by atoms with Gasteiger partial charge in [-0.1, -0.05) is 36.4 Å². The molecule has 210 valence electrons. The highest BCUT2D eigenvalue weighted by molar-refractivity contribution is 5.79. The molecule has 0 radical (unpaired) electrons. The third-order valence-electron chi connectivity index (χ3n) is 8.52. The van der Waals surface area contributed by atoms with Crippen LogP contribution in [-0.2, 0) is 27.1 Å². The van der Waals surface area contributed by atoms with Gasteiger partial charge in [0.25, 0.3) is 0 Å². The molecule has 2 saturated carbocycles. The van der Waals surface area contributed by atoms with E-state index >= 15 is 0 Å². The van der Waals surface area contributed by atoms with Crippen LogP contribution in [0.5, 0.6) is 0 Å². The average Bonchev–Trinajstić information content (AvgIpc) is 2.93. The minimum atomic E-state index is -1.07. The van der Waals surface area contributed by atoms with E-state index in [0.29, 0.717) is 18.4 Å². The smallest absolute Gasteiger partial charge is 0.408 e. The molecular weight excluding hydrogens is 494 g/mol. The fraction of sp³-hybridized carbons (Fsp3) is 0.581. The minimum absolute atomic E-state index is 0.161. The summed E-state index contributed by atoms with van der Waals surface area (Å²) in [5.74, 6) is 1.08. The van der Waals surface area contributed by atoms with Gasteiger partial charge in [-0.25, -0.2) is 14.6 Å². The van der Waals surface area contributed by atoms with Crippen LogP contribution in [0.15, 0.2) is 42.5 Å². The van der Waals surface area contributed by atoms with E-state index < -0.39 is 18.1 Å². The summed E-state index contributed by atoms with van der Waals surface area (Å²) in [6.45, 7) is 1.30. The van der Waals surface area contributed by atoms with Gasteiger partial charge in [0.1, 0.15) is 18.0 Å². The highest BCUT2D eigenvalue weighted by Gasteiger charge is 2.31. The maximum absolute atomic E-state index is 12.4. The summed E-state index contributed by atoms with van der Waals surface area (Å²) in [7, 11) is 0. The molecule has 0 saturated heterocycles. The molecule has 1 atom stereocenters. The molecule has 0 spiro atoms. The number of ether oxygens (including phenoxy) is 2. The number of anilines is 1. The van der Waals surface area contributed by atoms with Gasteiger partial charge in [0.05, 0.1) is 6.10 Å². The van der Waals surface area contributed by atoms with E-state index in [1.807, 2.05) is 6.07 Å². The number of hydrogen-bond donors (Lipinski definition) is 3. The zero-order valence-electron chi connectivity index (χ0n) is 22.6. The number of carboxylic acids is 1. The van der Waals surface area contributed by atoms with E-state index in [1.54, 1.807) is 0 Å².